The van der Waals surface area contributed by atoms with Crippen LogP contribution in [0.25, 0.3) is 10.8 Å². The molecule has 2 rings (SSSR count). The maximum Gasteiger partial charge on any atom is 1.00 e. The summed E-state index contributed by atoms with van der Waals surface area (Å²) in [6.07, 6.45) is 0. The first kappa shape index (κ1) is 38.3. The number of carboxylic acids is 5. The molecule has 0 atom stereocenters. The Labute approximate surface area is 279 Å². The molecule has 30 heavy (non-hydrogen) atoms. The smallest absolute Gasteiger partial charge is 0.545 e. The molecule has 0 bridgehead atoms. The molecule has 10 nitrogen and oxygen atoms in total. The van der Waals surface area contributed by atoms with Crippen molar-refractivity contribution in [2.45, 2.75) is 0 Å². The Morgan fingerprint density at radius 3 is 1.27 bits per heavy atom. The quantitative estimate of drug-likeness (QED) is 0.387. The van der Waals surface area contributed by atoms with Gasteiger partial charge in [0.05, 0.1) is 29.8 Å². The molecule has 0 saturated heterocycles. The van der Waals surface area contributed by atoms with E-state index in [1.54, 1.807) is 0 Å². The van der Waals surface area contributed by atoms with E-state index in [2.05, 4.69) is 0 Å². The minimum atomic E-state index is -2.24. The van der Waals surface area contributed by atoms with Crippen LogP contribution in [0.4, 0.5) is 0 Å². The minimum absolute atomic E-state index is 0. The van der Waals surface area contributed by atoms with Gasteiger partial charge in [0.15, 0.2) is 0 Å². The van der Waals surface area contributed by atoms with Crippen molar-refractivity contribution in [3.8, 4) is 0 Å². The second kappa shape index (κ2) is 15.8. The molecule has 15 heteroatoms. The van der Waals surface area contributed by atoms with Gasteiger partial charge < -0.3 is 49.5 Å². The molecule has 0 aliphatic carbocycles. The summed E-state index contributed by atoms with van der Waals surface area (Å²) in [5.41, 5.74) is -5.60. The fraction of sp³-hybridized carbons (Fsp3) is 0. The number of rotatable bonds is 5. The maximum atomic E-state index is 11.4. The van der Waals surface area contributed by atoms with Crippen LogP contribution in [0.1, 0.15) is 51.8 Å². The Balaban J connectivity index is -0.000000676. The molecule has 0 fully saturated rings. The van der Waals surface area contributed by atoms with Gasteiger partial charge in [-0.05, 0) is 29.1 Å². The van der Waals surface area contributed by atoms with Gasteiger partial charge >= 0.3 is 148 Å². The Morgan fingerprint density at radius 1 is 0.500 bits per heavy atom. The maximum absolute atomic E-state index is 11.4. The summed E-state index contributed by atoms with van der Waals surface area (Å²) < 4.78 is 0. The van der Waals surface area contributed by atoms with Gasteiger partial charge in [0.1, 0.15) is 0 Å². The number of fused-ring (bicyclic) bond motifs is 1. The Bertz CT molecular complexity index is 1010. The Morgan fingerprint density at radius 2 is 0.933 bits per heavy atom. The third kappa shape index (κ3) is 8.12. The predicted molar refractivity (Wildman–Crippen MR) is 65.6 cm³/mol. The van der Waals surface area contributed by atoms with E-state index in [-0.39, 0.29) is 148 Å². The Hall–Kier alpha value is 1.05. The first-order chi connectivity index (χ1) is 11.6. The first-order valence-corrected chi connectivity index (χ1v) is 6.27. The molecule has 0 aliphatic rings. The van der Waals surface area contributed by atoms with E-state index in [1.165, 1.54) is 0 Å². The molecule has 2 aromatic rings. The molecule has 0 aromatic heterocycles. The zero-order chi connectivity index (χ0) is 19.0. The van der Waals surface area contributed by atoms with Gasteiger partial charge in [-0.2, -0.15) is 0 Å². The van der Waals surface area contributed by atoms with Crippen LogP contribution in [-0.2, 0) is 0 Å². The minimum Gasteiger partial charge on any atom is -0.545 e. The van der Waals surface area contributed by atoms with Gasteiger partial charge in [0.2, 0.25) is 0 Å². The van der Waals surface area contributed by atoms with Crippen LogP contribution in [0.2, 0.25) is 0 Å². The van der Waals surface area contributed by atoms with E-state index < -0.39 is 68.4 Å². The third-order valence-corrected chi connectivity index (χ3v) is 3.32. The normalized spacial score (nSPS) is 8.67. The number of carboxylic acid groups (broad SMARTS) is 5. The topological polar surface area (TPSA) is 201 Å². The van der Waals surface area contributed by atoms with Crippen LogP contribution in [0.3, 0.4) is 0 Å². The van der Waals surface area contributed by atoms with Crippen molar-refractivity contribution in [3.63, 3.8) is 0 Å². The van der Waals surface area contributed by atoms with Crippen molar-refractivity contribution in [2.75, 3.05) is 0 Å². The number of hydrogen-bond acceptors (Lipinski definition) is 10. The van der Waals surface area contributed by atoms with E-state index in [9.17, 15) is 49.5 Å². The largest absolute Gasteiger partial charge is 1.00 e. The number of carbonyl (C=O) groups is 5. The summed E-state index contributed by atoms with van der Waals surface area (Å²) in [7, 11) is 0. The number of aromatic carboxylic acids is 5. The number of carbonyl (C=O) groups excluding carboxylic acids is 5. The van der Waals surface area contributed by atoms with Gasteiger partial charge in [-0.3, -0.25) is 0 Å². The third-order valence-electron chi connectivity index (χ3n) is 3.32. The van der Waals surface area contributed by atoms with Gasteiger partial charge in [-0.25, -0.2) is 0 Å². The van der Waals surface area contributed by atoms with Crippen molar-refractivity contribution in [1.29, 1.82) is 0 Å². The monoisotopic (exact) mass is 458 g/mol. The number of benzene rings is 2. The van der Waals surface area contributed by atoms with Gasteiger partial charge in [-0.1, -0.05) is 0 Å². The zero-order valence-electron chi connectivity index (χ0n) is 16.8. The van der Waals surface area contributed by atoms with Gasteiger partial charge in [0, 0.05) is 27.6 Å². The molecular weight excluding hydrogens is 455 g/mol. The van der Waals surface area contributed by atoms with Crippen molar-refractivity contribution < 1.29 is 197 Å². The summed E-state index contributed by atoms with van der Waals surface area (Å²) >= 11 is 0. The van der Waals surface area contributed by atoms with Gasteiger partial charge in [0.25, 0.3) is 0 Å². The zero-order valence-corrected chi connectivity index (χ0v) is 26.8. The van der Waals surface area contributed by atoms with E-state index in [0.29, 0.717) is 18.2 Å². The molecule has 2 aromatic carbocycles. The fourth-order valence-corrected chi connectivity index (χ4v) is 2.40. The van der Waals surface area contributed by atoms with Crippen molar-refractivity contribution >= 4 is 40.6 Å². The van der Waals surface area contributed by atoms with Crippen LogP contribution < -0.4 is 173 Å². The molecule has 0 saturated carbocycles. The summed E-state index contributed by atoms with van der Waals surface area (Å²) in [5.74, 6) is -10.5. The second-order valence-corrected chi connectivity index (χ2v) is 4.73. The van der Waals surface area contributed by atoms with Crippen LogP contribution in [0, 0.1) is 0 Å². The van der Waals surface area contributed by atoms with Crippen molar-refractivity contribution in [1.82, 2.24) is 0 Å². The second-order valence-electron chi connectivity index (χ2n) is 4.73. The molecule has 128 valence electrons. The summed E-state index contributed by atoms with van der Waals surface area (Å²) in [6, 6.07) is 1.73. The Kier molecular flexibility index (Phi) is 20.2. The van der Waals surface area contributed by atoms with Crippen molar-refractivity contribution in [2.24, 2.45) is 0 Å². The standard InChI is InChI=1S/C15H8O10.5Na/c16-11(17)5-1-4-2-7(13(20)21)9(14(22)23)10(15(24)25)8(4)6(3-5)12(18)19;;;;;/h1-3H,(H,16,17)(H,18,19)(H,20,21)(H,22,23)(H,24,25);;;;;/q;5*+1/p-5. The van der Waals surface area contributed by atoms with E-state index in [4.69, 9.17) is 0 Å². The van der Waals surface area contributed by atoms with E-state index in [0.717, 1.165) is 0 Å². The van der Waals surface area contributed by atoms with Crippen LogP contribution in [0.15, 0.2) is 18.2 Å². The van der Waals surface area contributed by atoms with E-state index in [1.807, 2.05) is 0 Å². The molecule has 0 spiro atoms. The SMILES string of the molecule is O=C([O-])c1cc(C(=O)[O-])c2c(C(=O)[O-])c(C(=O)[O-])c(C(=O)[O-])cc2c1.[Na+].[Na+].[Na+].[Na+].[Na+]. The first-order valence-electron chi connectivity index (χ1n) is 6.27. The average Bonchev–Trinajstić information content (AvgIpc) is 2.50. The van der Waals surface area contributed by atoms with Gasteiger partial charge in [-0.15, -0.1) is 0 Å². The molecule has 0 unspecified atom stereocenters. The van der Waals surface area contributed by atoms with Crippen LogP contribution in [-0.4, -0.2) is 29.8 Å². The molecule has 0 radical (unpaired) electrons. The average molecular weight is 458 g/mol. The summed E-state index contributed by atoms with van der Waals surface area (Å²) in [5, 5.41) is 54.5. The van der Waals surface area contributed by atoms with Crippen LogP contribution in [0.5, 0.6) is 0 Å². The van der Waals surface area contributed by atoms with Crippen LogP contribution >= 0.6 is 0 Å². The molecule has 0 N–H and O–H groups in total. The molecule has 0 heterocycles. The van der Waals surface area contributed by atoms with E-state index >= 15 is 0 Å². The summed E-state index contributed by atoms with van der Waals surface area (Å²) in [6.45, 7) is 0. The molecule has 0 amide bonds. The number of hydrogen-bond donors (Lipinski definition) is 0. The molecular formula is C15H3Na5O10. The molecule has 0 aliphatic heterocycles. The predicted octanol–water partition coefficient (Wildman–Crippen LogP) is -20.3. The fourth-order valence-electron chi connectivity index (χ4n) is 2.40. The van der Waals surface area contributed by atoms with Crippen molar-refractivity contribution in [3.05, 3.63) is 46.0 Å². The summed E-state index contributed by atoms with van der Waals surface area (Å²) in [4.78, 5) is 55.8.